The minimum Gasteiger partial charge on any atom is -0.346 e. The van der Waals surface area contributed by atoms with Crippen molar-refractivity contribution < 1.29 is 13.2 Å². The Morgan fingerprint density at radius 1 is 1.00 bits per heavy atom. The molecule has 11 heteroatoms. The number of rotatable bonds is 5. The molecule has 0 spiro atoms. The summed E-state index contributed by atoms with van der Waals surface area (Å²) in [5.74, 6) is -1.25. The van der Waals surface area contributed by atoms with E-state index in [2.05, 4.69) is 35.6 Å². The van der Waals surface area contributed by atoms with Crippen LogP contribution in [0.5, 0.6) is 0 Å². The zero-order valence-corrected chi connectivity index (χ0v) is 15.4. The summed E-state index contributed by atoms with van der Waals surface area (Å²) in [5.41, 5.74) is 0.225. The topological polar surface area (TPSA) is 93.4 Å². The lowest BCUT2D eigenvalue weighted by Gasteiger charge is -2.15. The molecule has 0 aliphatic rings. The zero-order valence-electron chi connectivity index (χ0n) is 15.4. The maximum absolute atomic E-state index is 14.0. The SMILES string of the molecule is CC(Nc1nc(Nc2cn(C)cn2)c2cc(F)cnc2n1)c1ncc(F)cc1F. The van der Waals surface area contributed by atoms with E-state index in [-0.39, 0.29) is 23.1 Å². The van der Waals surface area contributed by atoms with Crippen LogP contribution in [0.25, 0.3) is 11.0 Å². The number of fused-ring (bicyclic) bond motifs is 1. The van der Waals surface area contributed by atoms with Gasteiger partial charge in [0.15, 0.2) is 5.65 Å². The average Bonchev–Trinajstić information content (AvgIpc) is 3.07. The number of halogens is 3. The Balaban J connectivity index is 1.71. The summed E-state index contributed by atoms with van der Waals surface area (Å²) in [6.07, 6.45) is 5.27. The molecular weight excluding hydrogens is 385 g/mol. The molecule has 0 radical (unpaired) electrons. The average molecular weight is 400 g/mol. The van der Waals surface area contributed by atoms with Crippen LogP contribution in [0.3, 0.4) is 0 Å². The maximum Gasteiger partial charge on any atom is 0.227 e. The Morgan fingerprint density at radius 2 is 1.76 bits per heavy atom. The molecule has 8 nitrogen and oxygen atoms in total. The highest BCUT2D eigenvalue weighted by Gasteiger charge is 2.17. The van der Waals surface area contributed by atoms with Crippen molar-refractivity contribution in [3.05, 3.63) is 60.2 Å². The molecule has 0 saturated carbocycles. The van der Waals surface area contributed by atoms with E-state index in [4.69, 9.17) is 0 Å². The predicted octanol–water partition coefficient (Wildman–Crippen LogP) is 3.49. The summed E-state index contributed by atoms with van der Waals surface area (Å²) in [7, 11) is 1.80. The third kappa shape index (κ3) is 3.93. The van der Waals surface area contributed by atoms with Crippen molar-refractivity contribution in [2.45, 2.75) is 13.0 Å². The van der Waals surface area contributed by atoms with Gasteiger partial charge in [-0.15, -0.1) is 0 Å². The molecule has 4 aromatic rings. The summed E-state index contributed by atoms with van der Waals surface area (Å²) in [6.45, 7) is 1.63. The number of pyridine rings is 2. The van der Waals surface area contributed by atoms with Crippen LogP contribution in [0.2, 0.25) is 0 Å². The maximum atomic E-state index is 14.0. The van der Waals surface area contributed by atoms with Crippen molar-refractivity contribution in [3.63, 3.8) is 0 Å². The quantitative estimate of drug-likeness (QED) is 0.530. The Hall–Kier alpha value is -3.76. The van der Waals surface area contributed by atoms with Gasteiger partial charge in [0, 0.05) is 19.3 Å². The lowest BCUT2D eigenvalue weighted by atomic mass is 10.2. The number of anilines is 3. The first-order valence-corrected chi connectivity index (χ1v) is 8.55. The summed E-state index contributed by atoms with van der Waals surface area (Å²) < 4.78 is 42.6. The van der Waals surface area contributed by atoms with Crippen LogP contribution in [0.15, 0.2) is 37.1 Å². The minimum atomic E-state index is -0.794. The van der Waals surface area contributed by atoms with Crippen molar-refractivity contribution in [2.75, 3.05) is 10.6 Å². The first kappa shape index (κ1) is 18.6. The van der Waals surface area contributed by atoms with Gasteiger partial charge in [-0.25, -0.2) is 23.1 Å². The van der Waals surface area contributed by atoms with Gasteiger partial charge >= 0.3 is 0 Å². The van der Waals surface area contributed by atoms with Gasteiger partial charge in [0.25, 0.3) is 0 Å². The number of imidazole rings is 1. The molecule has 0 bridgehead atoms. The molecule has 148 valence electrons. The molecule has 0 fully saturated rings. The molecule has 29 heavy (non-hydrogen) atoms. The molecule has 0 aromatic carbocycles. The second-order valence-electron chi connectivity index (χ2n) is 6.36. The Kier molecular flexibility index (Phi) is 4.71. The van der Waals surface area contributed by atoms with Crippen molar-refractivity contribution >= 4 is 28.6 Å². The van der Waals surface area contributed by atoms with E-state index in [0.717, 1.165) is 18.5 Å². The highest BCUT2D eigenvalue weighted by molar-refractivity contribution is 5.89. The first-order valence-electron chi connectivity index (χ1n) is 8.55. The molecule has 2 N–H and O–H groups in total. The summed E-state index contributed by atoms with van der Waals surface area (Å²) >= 11 is 0. The third-order valence-corrected chi connectivity index (χ3v) is 4.06. The zero-order chi connectivity index (χ0) is 20.5. The predicted molar refractivity (Wildman–Crippen MR) is 100.0 cm³/mol. The molecular formula is C18H15F3N8. The number of nitrogens with one attached hydrogen (secondary N) is 2. The van der Waals surface area contributed by atoms with Gasteiger partial charge in [0.05, 0.1) is 35.8 Å². The van der Waals surface area contributed by atoms with Gasteiger partial charge in [-0.1, -0.05) is 0 Å². The summed E-state index contributed by atoms with van der Waals surface area (Å²) in [4.78, 5) is 20.5. The smallest absolute Gasteiger partial charge is 0.227 e. The largest absolute Gasteiger partial charge is 0.346 e. The van der Waals surface area contributed by atoms with Crippen molar-refractivity contribution in [1.82, 2.24) is 29.5 Å². The van der Waals surface area contributed by atoms with Crippen LogP contribution in [0.4, 0.5) is 30.8 Å². The van der Waals surface area contributed by atoms with Crippen LogP contribution in [0, 0.1) is 17.5 Å². The van der Waals surface area contributed by atoms with Crippen molar-refractivity contribution in [3.8, 4) is 0 Å². The number of nitrogens with zero attached hydrogens (tertiary/aromatic N) is 6. The second kappa shape index (κ2) is 7.34. The Morgan fingerprint density at radius 3 is 2.48 bits per heavy atom. The van der Waals surface area contributed by atoms with Gasteiger partial charge in [-0.2, -0.15) is 9.97 Å². The highest BCUT2D eigenvalue weighted by atomic mass is 19.1. The molecule has 0 saturated heterocycles. The molecule has 0 aliphatic carbocycles. The highest BCUT2D eigenvalue weighted by Crippen LogP contribution is 2.26. The van der Waals surface area contributed by atoms with E-state index in [9.17, 15) is 13.2 Å². The number of hydrogen-bond acceptors (Lipinski definition) is 7. The number of aryl methyl sites for hydroxylation is 1. The normalized spacial score (nSPS) is 12.2. The van der Waals surface area contributed by atoms with E-state index >= 15 is 0 Å². The van der Waals surface area contributed by atoms with Crippen molar-refractivity contribution in [1.29, 1.82) is 0 Å². The summed E-state index contributed by atoms with van der Waals surface area (Å²) in [5, 5.41) is 6.26. The van der Waals surface area contributed by atoms with Crippen LogP contribution in [0.1, 0.15) is 18.7 Å². The molecule has 4 rings (SSSR count). The molecule has 4 aromatic heterocycles. The summed E-state index contributed by atoms with van der Waals surface area (Å²) in [6, 6.07) is 1.33. The van der Waals surface area contributed by atoms with E-state index in [0.29, 0.717) is 11.2 Å². The lowest BCUT2D eigenvalue weighted by Crippen LogP contribution is -2.14. The fraction of sp³-hybridized carbons (Fsp3) is 0.167. The van der Waals surface area contributed by atoms with Crippen LogP contribution < -0.4 is 10.6 Å². The van der Waals surface area contributed by atoms with Gasteiger partial charge in [0.2, 0.25) is 5.95 Å². The van der Waals surface area contributed by atoms with E-state index in [1.165, 1.54) is 6.07 Å². The van der Waals surface area contributed by atoms with Gasteiger partial charge in [-0.3, -0.25) is 4.98 Å². The molecule has 1 unspecified atom stereocenters. The first-order chi connectivity index (χ1) is 13.9. The third-order valence-electron chi connectivity index (χ3n) is 4.06. The standard InChI is InChI=1S/C18H15F3N8/c1-9(15-13(21)4-11(20)5-22-15)25-18-27-16-12(3-10(19)6-23-16)17(28-18)26-14-7-29(2)8-24-14/h3-9H,1-2H3,(H2,23,25,26,27,28). The lowest BCUT2D eigenvalue weighted by molar-refractivity contribution is 0.550. The van der Waals surface area contributed by atoms with Gasteiger partial charge in [-0.05, 0) is 13.0 Å². The van der Waals surface area contributed by atoms with Crippen LogP contribution in [-0.4, -0.2) is 29.5 Å². The second-order valence-corrected chi connectivity index (χ2v) is 6.36. The number of aromatic nitrogens is 6. The Bertz CT molecular complexity index is 1190. The molecule has 0 amide bonds. The van der Waals surface area contributed by atoms with Crippen molar-refractivity contribution in [2.24, 2.45) is 7.05 Å². The van der Waals surface area contributed by atoms with Crippen LogP contribution >= 0.6 is 0 Å². The fourth-order valence-electron chi connectivity index (χ4n) is 2.75. The van der Waals surface area contributed by atoms with Gasteiger partial charge < -0.3 is 15.2 Å². The minimum absolute atomic E-state index is 0.00129. The van der Waals surface area contributed by atoms with E-state index < -0.39 is 23.5 Å². The molecule has 4 heterocycles. The monoisotopic (exact) mass is 400 g/mol. The Labute approximate surface area is 162 Å². The van der Waals surface area contributed by atoms with Gasteiger partial charge in [0.1, 0.15) is 29.1 Å². The molecule has 1 atom stereocenters. The van der Waals surface area contributed by atoms with E-state index in [1.807, 2.05) is 0 Å². The van der Waals surface area contributed by atoms with E-state index in [1.54, 1.807) is 31.1 Å². The van der Waals surface area contributed by atoms with Crippen LogP contribution in [-0.2, 0) is 7.05 Å². The number of hydrogen-bond donors (Lipinski definition) is 2. The molecule has 0 aliphatic heterocycles. The fourth-order valence-corrected chi connectivity index (χ4v) is 2.75.